The molecule has 2 heterocycles. The number of nitrogens with one attached hydrogen (secondary N) is 2. The van der Waals surface area contributed by atoms with Gasteiger partial charge in [0.2, 0.25) is 0 Å². The van der Waals surface area contributed by atoms with Gasteiger partial charge in [-0.2, -0.15) is 0 Å². The third-order valence-electron chi connectivity index (χ3n) is 4.06. The molecule has 1 unspecified atom stereocenters. The summed E-state index contributed by atoms with van der Waals surface area (Å²) in [5.74, 6) is 0. The van der Waals surface area contributed by atoms with Crippen LogP contribution in [0.2, 0.25) is 10.0 Å². The van der Waals surface area contributed by atoms with Crippen molar-refractivity contribution in [2.24, 2.45) is 0 Å². The van der Waals surface area contributed by atoms with Crippen molar-refractivity contribution in [3.8, 4) is 11.1 Å². The maximum absolute atomic E-state index is 9.46. The van der Waals surface area contributed by atoms with Crippen molar-refractivity contribution in [3.63, 3.8) is 0 Å². The fraction of sp³-hybridized carbons (Fsp3) is 0.278. The number of pyridine rings is 1. The average molecular weight is 364 g/mol. The molecule has 0 aliphatic heterocycles. The van der Waals surface area contributed by atoms with Crippen LogP contribution in [0.1, 0.15) is 19.0 Å². The lowest BCUT2D eigenvalue weighted by Crippen LogP contribution is -2.22. The summed E-state index contributed by atoms with van der Waals surface area (Å²) in [6.07, 6.45) is 2.73. The summed E-state index contributed by atoms with van der Waals surface area (Å²) >= 11 is 12.4. The molecule has 3 rings (SSSR count). The highest BCUT2D eigenvalue weighted by atomic mass is 35.5. The fourth-order valence-electron chi connectivity index (χ4n) is 2.75. The van der Waals surface area contributed by atoms with Crippen LogP contribution in [-0.4, -0.2) is 27.7 Å². The van der Waals surface area contributed by atoms with Crippen molar-refractivity contribution in [1.29, 1.82) is 0 Å². The molecular formula is C18H19Cl2N3O. The smallest absolute Gasteiger partial charge is 0.0982 e. The van der Waals surface area contributed by atoms with Crippen molar-refractivity contribution in [3.05, 3.63) is 46.2 Å². The first-order valence-corrected chi connectivity index (χ1v) is 8.60. The Morgan fingerprint density at radius 2 is 2.04 bits per heavy atom. The van der Waals surface area contributed by atoms with Crippen LogP contribution in [0.15, 0.2) is 30.5 Å². The summed E-state index contributed by atoms with van der Waals surface area (Å²) in [6, 6.07) is 7.42. The number of aliphatic hydroxyl groups excluding tert-OH is 1. The minimum Gasteiger partial charge on any atom is -0.394 e. The van der Waals surface area contributed by atoms with E-state index < -0.39 is 0 Å². The SMILES string of the molecule is CCC(CO)Nc1cc(C)nc2c(-c3ccc(Cl)cc3Cl)c[nH]c12. The maximum Gasteiger partial charge on any atom is 0.0982 e. The number of aliphatic hydroxyl groups is 1. The van der Waals surface area contributed by atoms with Gasteiger partial charge in [-0.1, -0.05) is 36.2 Å². The first kappa shape index (κ1) is 17.1. The first-order chi connectivity index (χ1) is 11.5. The van der Waals surface area contributed by atoms with E-state index in [0.717, 1.165) is 40.0 Å². The van der Waals surface area contributed by atoms with Crippen LogP contribution in [0.4, 0.5) is 5.69 Å². The predicted molar refractivity (Wildman–Crippen MR) is 101 cm³/mol. The normalized spacial score (nSPS) is 12.5. The third kappa shape index (κ3) is 3.22. The van der Waals surface area contributed by atoms with Gasteiger partial charge in [-0.05, 0) is 31.5 Å². The average Bonchev–Trinajstić information content (AvgIpc) is 2.96. The molecule has 0 saturated carbocycles. The Balaban J connectivity index is 2.14. The lowest BCUT2D eigenvalue weighted by Gasteiger charge is -2.16. The monoisotopic (exact) mass is 363 g/mol. The Morgan fingerprint density at radius 1 is 1.25 bits per heavy atom. The number of halogens is 2. The minimum atomic E-state index is 0.000805. The second-order valence-electron chi connectivity index (χ2n) is 5.79. The Labute approximate surface area is 150 Å². The largest absolute Gasteiger partial charge is 0.394 e. The van der Waals surface area contributed by atoms with E-state index >= 15 is 0 Å². The Hall–Kier alpha value is -1.75. The zero-order valence-corrected chi connectivity index (χ0v) is 15.0. The lowest BCUT2D eigenvalue weighted by atomic mass is 10.1. The van der Waals surface area contributed by atoms with E-state index in [4.69, 9.17) is 23.2 Å². The van der Waals surface area contributed by atoms with Gasteiger partial charge in [0.15, 0.2) is 0 Å². The number of aromatic amines is 1. The second kappa shape index (κ2) is 7.01. The number of rotatable bonds is 5. The Bertz CT molecular complexity index is 872. The number of H-pyrrole nitrogens is 1. The number of hydrogen-bond acceptors (Lipinski definition) is 3. The topological polar surface area (TPSA) is 60.9 Å². The highest BCUT2D eigenvalue weighted by molar-refractivity contribution is 6.36. The highest BCUT2D eigenvalue weighted by Crippen LogP contribution is 2.36. The molecule has 0 bridgehead atoms. The third-order valence-corrected chi connectivity index (χ3v) is 4.61. The Morgan fingerprint density at radius 3 is 2.71 bits per heavy atom. The second-order valence-corrected chi connectivity index (χ2v) is 6.64. The van der Waals surface area contributed by atoms with Crippen LogP contribution in [0.5, 0.6) is 0 Å². The number of hydrogen-bond donors (Lipinski definition) is 3. The summed E-state index contributed by atoms with van der Waals surface area (Å²) in [6.45, 7) is 4.06. The molecular weight excluding hydrogens is 345 g/mol. The zero-order chi connectivity index (χ0) is 17.3. The van der Waals surface area contributed by atoms with Crippen LogP contribution in [0, 0.1) is 6.92 Å². The number of anilines is 1. The molecule has 0 spiro atoms. The number of benzene rings is 1. The van der Waals surface area contributed by atoms with E-state index in [-0.39, 0.29) is 12.6 Å². The maximum atomic E-state index is 9.46. The van der Waals surface area contributed by atoms with Crippen LogP contribution < -0.4 is 5.32 Å². The molecule has 1 aromatic carbocycles. The summed E-state index contributed by atoms with van der Waals surface area (Å²) < 4.78 is 0. The van der Waals surface area contributed by atoms with E-state index in [1.54, 1.807) is 6.07 Å². The minimum absolute atomic E-state index is 0.000805. The van der Waals surface area contributed by atoms with E-state index in [1.807, 2.05) is 38.2 Å². The van der Waals surface area contributed by atoms with Crippen molar-refractivity contribution in [2.45, 2.75) is 26.3 Å². The lowest BCUT2D eigenvalue weighted by molar-refractivity contribution is 0.272. The summed E-state index contributed by atoms with van der Waals surface area (Å²) in [5, 5.41) is 14.0. The molecule has 3 aromatic rings. The van der Waals surface area contributed by atoms with Crippen molar-refractivity contribution >= 4 is 39.9 Å². The molecule has 0 aliphatic rings. The molecule has 0 radical (unpaired) electrons. The molecule has 24 heavy (non-hydrogen) atoms. The van der Waals surface area contributed by atoms with Crippen molar-refractivity contribution < 1.29 is 5.11 Å². The fourth-order valence-corrected chi connectivity index (χ4v) is 3.26. The van der Waals surface area contributed by atoms with Gasteiger partial charge >= 0.3 is 0 Å². The number of fused-ring (bicyclic) bond motifs is 1. The van der Waals surface area contributed by atoms with E-state index in [9.17, 15) is 5.11 Å². The van der Waals surface area contributed by atoms with Gasteiger partial charge in [-0.15, -0.1) is 0 Å². The standard InChI is InChI=1S/C18H19Cl2N3O/c1-3-12(9-24)23-16-6-10(2)22-17-14(8-21-18(16)17)13-5-4-11(19)7-15(13)20/h4-8,12,21,24H,3,9H2,1-2H3,(H,22,23). The summed E-state index contributed by atoms with van der Waals surface area (Å²) in [5.41, 5.74) is 5.36. The molecule has 1 atom stereocenters. The predicted octanol–water partition coefficient (Wildman–Crippen LogP) is 5.03. The molecule has 0 amide bonds. The van der Waals surface area contributed by atoms with Crippen LogP contribution >= 0.6 is 23.2 Å². The number of aryl methyl sites for hydroxylation is 1. The molecule has 0 saturated heterocycles. The van der Waals surface area contributed by atoms with Crippen LogP contribution in [0.3, 0.4) is 0 Å². The molecule has 3 N–H and O–H groups in total. The first-order valence-electron chi connectivity index (χ1n) is 7.85. The number of nitrogens with zero attached hydrogens (tertiary/aromatic N) is 1. The molecule has 0 aliphatic carbocycles. The molecule has 2 aromatic heterocycles. The summed E-state index contributed by atoms with van der Waals surface area (Å²) in [7, 11) is 0. The van der Waals surface area contributed by atoms with Gasteiger partial charge in [-0.3, -0.25) is 4.98 Å². The zero-order valence-electron chi connectivity index (χ0n) is 13.5. The van der Waals surface area contributed by atoms with E-state index in [1.165, 1.54) is 0 Å². The van der Waals surface area contributed by atoms with E-state index in [0.29, 0.717) is 10.0 Å². The van der Waals surface area contributed by atoms with Gasteiger partial charge in [0.25, 0.3) is 0 Å². The number of aromatic nitrogens is 2. The van der Waals surface area contributed by atoms with Gasteiger partial charge < -0.3 is 15.4 Å². The van der Waals surface area contributed by atoms with Gasteiger partial charge in [0, 0.05) is 34.1 Å². The van der Waals surface area contributed by atoms with Crippen LogP contribution in [0.25, 0.3) is 22.2 Å². The van der Waals surface area contributed by atoms with E-state index in [2.05, 4.69) is 15.3 Å². The highest BCUT2D eigenvalue weighted by Gasteiger charge is 2.16. The van der Waals surface area contributed by atoms with Gasteiger partial charge in [0.05, 0.1) is 28.4 Å². The van der Waals surface area contributed by atoms with Gasteiger partial charge in [-0.25, -0.2) is 0 Å². The van der Waals surface area contributed by atoms with Crippen molar-refractivity contribution in [1.82, 2.24) is 9.97 Å². The quantitative estimate of drug-likeness (QED) is 0.595. The Kier molecular flexibility index (Phi) is 4.99. The molecule has 0 fully saturated rings. The van der Waals surface area contributed by atoms with Crippen LogP contribution in [-0.2, 0) is 0 Å². The molecule has 126 valence electrons. The molecule has 6 heteroatoms. The summed E-state index contributed by atoms with van der Waals surface area (Å²) in [4.78, 5) is 7.95. The van der Waals surface area contributed by atoms with Gasteiger partial charge in [0.1, 0.15) is 0 Å². The molecule has 4 nitrogen and oxygen atoms in total. The van der Waals surface area contributed by atoms with Crippen molar-refractivity contribution in [2.75, 3.05) is 11.9 Å².